The number of carbonyl (C=O) groups is 2. The molecule has 2 N–H and O–H groups in total. The molecule has 4 aromatic rings. The number of hydrogen-bond acceptors (Lipinski definition) is 7. The number of aromatic nitrogens is 5. The highest BCUT2D eigenvalue weighted by Gasteiger charge is 2.25. The lowest BCUT2D eigenvalue weighted by Gasteiger charge is -2.27. The average Bonchev–Trinajstić information content (AvgIpc) is 3.61. The fraction of sp³-hybridized carbons (Fsp3) is 0.452. The molecule has 1 fully saturated rings. The van der Waals surface area contributed by atoms with E-state index in [2.05, 4.69) is 32.4 Å². The summed E-state index contributed by atoms with van der Waals surface area (Å²) in [5.74, 6) is 0.254. The van der Waals surface area contributed by atoms with Gasteiger partial charge in [-0.05, 0) is 82.7 Å². The standard InChI is InChI=1S/C31H39N7O4/c1-7-37(30(40)42-31(3,4)5)18-21-15-33-16-23(19(21)2)20-11-12-25-22(14-20)27(28-34-17-24(35-28)29(39)32-6)36-38(25)26-10-8-9-13-41-26/h11-12,14-17,26H,7-10,13,18H2,1-6H3,(H,32,39)(H,34,35). The van der Waals surface area contributed by atoms with Crippen LogP contribution < -0.4 is 5.32 Å². The maximum atomic E-state index is 12.8. The quantitative estimate of drug-likeness (QED) is 0.294. The third kappa shape index (κ3) is 6.01. The van der Waals surface area contributed by atoms with E-state index in [1.54, 1.807) is 18.1 Å². The van der Waals surface area contributed by atoms with E-state index < -0.39 is 5.60 Å². The second-order valence-electron chi connectivity index (χ2n) is 11.5. The molecule has 1 atom stereocenters. The minimum absolute atomic E-state index is 0.172. The van der Waals surface area contributed by atoms with Crippen LogP contribution in [0.5, 0.6) is 0 Å². The molecule has 42 heavy (non-hydrogen) atoms. The third-order valence-electron chi connectivity index (χ3n) is 7.43. The van der Waals surface area contributed by atoms with Crippen LogP contribution in [-0.4, -0.2) is 67.4 Å². The lowest BCUT2D eigenvalue weighted by molar-refractivity contribution is -0.0365. The van der Waals surface area contributed by atoms with Gasteiger partial charge in [0.15, 0.2) is 12.1 Å². The second kappa shape index (κ2) is 11.9. The number of ether oxygens (including phenoxy) is 2. The number of benzene rings is 1. The molecule has 11 heteroatoms. The van der Waals surface area contributed by atoms with Crippen LogP contribution in [0.4, 0.5) is 4.79 Å². The monoisotopic (exact) mass is 573 g/mol. The minimum atomic E-state index is -0.574. The van der Waals surface area contributed by atoms with Gasteiger partial charge in [0.1, 0.15) is 17.0 Å². The molecule has 0 saturated carbocycles. The summed E-state index contributed by atoms with van der Waals surface area (Å²) in [6.07, 6.45) is 7.61. The molecule has 3 aromatic heterocycles. The topological polar surface area (TPSA) is 127 Å². The van der Waals surface area contributed by atoms with Crippen LogP contribution in [0.3, 0.4) is 0 Å². The largest absolute Gasteiger partial charge is 0.444 e. The average molecular weight is 574 g/mol. The molecule has 11 nitrogen and oxygen atoms in total. The summed E-state index contributed by atoms with van der Waals surface area (Å²) < 4.78 is 13.6. The maximum Gasteiger partial charge on any atom is 0.410 e. The van der Waals surface area contributed by atoms with E-state index in [1.165, 1.54) is 6.20 Å². The predicted octanol–water partition coefficient (Wildman–Crippen LogP) is 5.61. The summed E-state index contributed by atoms with van der Waals surface area (Å²) in [4.78, 5) is 38.8. The van der Waals surface area contributed by atoms with Crippen molar-refractivity contribution in [1.82, 2.24) is 34.9 Å². The van der Waals surface area contributed by atoms with Gasteiger partial charge in [-0.25, -0.2) is 14.5 Å². The van der Waals surface area contributed by atoms with E-state index in [1.807, 2.05) is 51.6 Å². The van der Waals surface area contributed by atoms with Crippen molar-refractivity contribution < 1.29 is 19.1 Å². The van der Waals surface area contributed by atoms with Gasteiger partial charge in [-0.15, -0.1) is 0 Å². The number of hydrogen-bond donors (Lipinski definition) is 2. The Labute approximate surface area is 245 Å². The van der Waals surface area contributed by atoms with Crippen LogP contribution >= 0.6 is 0 Å². The van der Waals surface area contributed by atoms with Gasteiger partial charge in [0.25, 0.3) is 5.91 Å². The summed E-state index contributed by atoms with van der Waals surface area (Å²) in [5.41, 5.74) is 5.21. The van der Waals surface area contributed by atoms with Gasteiger partial charge in [0.05, 0.1) is 18.3 Å². The highest BCUT2D eigenvalue weighted by molar-refractivity contribution is 5.97. The number of pyridine rings is 1. The van der Waals surface area contributed by atoms with Gasteiger partial charge < -0.3 is 24.7 Å². The first-order valence-electron chi connectivity index (χ1n) is 14.4. The molecule has 1 aromatic carbocycles. The molecule has 1 aliphatic heterocycles. The predicted molar refractivity (Wildman–Crippen MR) is 160 cm³/mol. The minimum Gasteiger partial charge on any atom is -0.444 e. The Morgan fingerprint density at radius 3 is 2.71 bits per heavy atom. The summed E-state index contributed by atoms with van der Waals surface area (Å²) >= 11 is 0. The van der Waals surface area contributed by atoms with E-state index in [0.717, 1.165) is 52.4 Å². The number of carbonyl (C=O) groups excluding carboxylic acids is 2. The molecule has 1 unspecified atom stereocenters. The van der Waals surface area contributed by atoms with Crippen molar-refractivity contribution in [2.45, 2.75) is 72.3 Å². The van der Waals surface area contributed by atoms with Crippen molar-refractivity contribution in [2.24, 2.45) is 0 Å². The van der Waals surface area contributed by atoms with Crippen LogP contribution in [0.2, 0.25) is 0 Å². The van der Waals surface area contributed by atoms with Crippen molar-refractivity contribution in [3.63, 3.8) is 0 Å². The van der Waals surface area contributed by atoms with Gasteiger partial charge in [0, 0.05) is 43.5 Å². The number of amides is 2. The second-order valence-corrected chi connectivity index (χ2v) is 11.5. The number of aromatic amines is 1. The van der Waals surface area contributed by atoms with Gasteiger partial charge in [0.2, 0.25) is 0 Å². The lowest BCUT2D eigenvalue weighted by atomic mass is 9.97. The molecule has 0 radical (unpaired) electrons. The van der Waals surface area contributed by atoms with E-state index in [-0.39, 0.29) is 18.2 Å². The Morgan fingerprint density at radius 1 is 1.21 bits per heavy atom. The third-order valence-corrected chi connectivity index (χ3v) is 7.43. The Kier molecular flexibility index (Phi) is 8.31. The summed E-state index contributed by atoms with van der Waals surface area (Å²) in [6.45, 7) is 11.2. The zero-order chi connectivity index (χ0) is 30.0. The van der Waals surface area contributed by atoms with Crippen LogP contribution in [0.1, 0.15) is 74.8 Å². The smallest absolute Gasteiger partial charge is 0.410 e. The van der Waals surface area contributed by atoms with Crippen LogP contribution in [0, 0.1) is 6.92 Å². The molecule has 2 amide bonds. The highest BCUT2D eigenvalue weighted by Crippen LogP contribution is 2.35. The Hall–Kier alpha value is -4.25. The van der Waals surface area contributed by atoms with Gasteiger partial charge in [-0.1, -0.05) is 6.07 Å². The zero-order valence-corrected chi connectivity index (χ0v) is 25.2. The van der Waals surface area contributed by atoms with E-state index in [4.69, 9.17) is 14.6 Å². The SMILES string of the molecule is CCN(Cc1cncc(-c2ccc3c(c2)c(-c2ncc(C(=O)NC)[nH]2)nn3C2CCCCO2)c1C)C(=O)OC(C)(C)C. The molecule has 5 rings (SSSR count). The number of nitrogens with zero attached hydrogens (tertiary/aromatic N) is 5. The van der Waals surface area contributed by atoms with Crippen molar-refractivity contribution >= 4 is 22.9 Å². The fourth-order valence-electron chi connectivity index (χ4n) is 5.17. The van der Waals surface area contributed by atoms with Crippen molar-refractivity contribution in [3.8, 4) is 22.6 Å². The first-order valence-corrected chi connectivity index (χ1v) is 14.4. The van der Waals surface area contributed by atoms with E-state index in [0.29, 0.717) is 36.9 Å². The Morgan fingerprint density at radius 2 is 2.02 bits per heavy atom. The molecule has 4 heterocycles. The van der Waals surface area contributed by atoms with Crippen molar-refractivity contribution in [1.29, 1.82) is 0 Å². The molecular formula is C31H39N7O4. The molecule has 0 spiro atoms. The first-order chi connectivity index (χ1) is 20.1. The fourth-order valence-corrected chi connectivity index (χ4v) is 5.17. The van der Waals surface area contributed by atoms with Crippen molar-refractivity contribution in [2.75, 3.05) is 20.2 Å². The zero-order valence-electron chi connectivity index (χ0n) is 25.2. The molecule has 1 aliphatic rings. The van der Waals surface area contributed by atoms with E-state index in [9.17, 15) is 9.59 Å². The number of rotatable bonds is 7. The van der Waals surface area contributed by atoms with Gasteiger partial charge >= 0.3 is 6.09 Å². The molecule has 0 bridgehead atoms. The van der Waals surface area contributed by atoms with Gasteiger partial charge in [-0.3, -0.25) is 9.78 Å². The summed E-state index contributed by atoms with van der Waals surface area (Å²) in [6, 6.07) is 6.19. The molecule has 0 aliphatic carbocycles. The summed E-state index contributed by atoms with van der Waals surface area (Å²) in [7, 11) is 1.58. The number of nitrogens with one attached hydrogen (secondary N) is 2. The van der Waals surface area contributed by atoms with Crippen LogP contribution in [0.25, 0.3) is 33.5 Å². The van der Waals surface area contributed by atoms with E-state index >= 15 is 0 Å². The van der Waals surface area contributed by atoms with Crippen LogP contribution in [-0.2, 0) is 16.0 Å². The number of H-pyrrole nitrogens is 1. The van der Waals surface area contributed by atoms with Crippen molar-refractivity contribution in [3.05, 3.63) is 53.6 Å². The molecule has 222 valence electrons. The number of imidazole rings is 1. The number of fused-ring (bicyclic) bond motifs is 1. The summed E-state index contributed by atoms with van der Waals surface area (Å²) in [5, 5.41) is 8.45. The first kappa shape index (κ1) is 29.2. The van der Waals surface area contributed by atoms with Crippen LogP contribution in [0.15, 0.2) is 36.8 Å². The highest BCUT2D eigenvalue weighted by atomic mass is 16.6. The molecule has 1 saturated heterocycles. The molecular weight excluding hydrogens is 534 g/mol. The Bertz CT molecular complexity index is 1590. The lowest BCUT2D eigenvalue weighted by Crippen LogP contribution is -2.36. The van der Waals surface area contributed by atoms with Gasteiger partial charge in [-0.2, -0.15) is 5.10 Å². The Balaban J connectivity index is 1.55. The maximum absolute atomic E-state index is 12.8. The normalized spacial score (nSPS) is 15.5.